The third-order valence-electron chi connectivity index (χ3n) is 0. The van der Waals surface area contributed by atoms with Crippen LogP contribution in [-0.2, 0) is 70.8 Å². The van der Waals surface area contributed by atoms with Gasteiger partial charge in [-0.2, -0.15) is 25.3 Å². The van der Waals surface area contributed by atoms with Crippen molar-refractivity contribution in [3.8, 4) is 0 Å². The largest absolute Gasteiger partial charge is 0.394 e. The SMILES string of the molecule is O=S(=O)(O)O.O=S(=O)(O)O.O=S(=O)(O)O.[Fe].[Fe].[O]. The van der Waals surface area contributed by atoms with E-state index >= 15 is 0 Å². The van der Waals surface area contributed by atoms with Crippen molar-refractivity contribution >= 4 is 31.2 Å². The molecule has 0 unspecified atom stereocenters. The maximum Gasteiger partial charge on any atom is 0.394 e. The average Bonchev–Trinajstić information content (AvgIpc) is 1.41. The summed E-state index contributed by atoms with van der Waals surface area (Å²) in [4.78, 5) is 0. The van der Waals surface area contributed by atoms with Crippen molar-refractivity contribution in [2.45, 2.75) is 0 Å². The van der Waals surface area contributed by atoms with E-state index in [2.05, 4.69) is 0 Å². The van der Waals surface area contributed by atoms with Crippen LogP contribution in [0.15, 0.2) is 0 Å². The number of rotatable bonds is 0. The van der Waals surface area contributed by atoms with Crippen molar-refractivity contribution in [1.29, 1.82) is 0 Å². The summed E-state index contributed by atoms with van der Waals surface area (Å²) in [5.41, 5.74) is 0. The quantitative estimate of drug-likeness (QED) is 0.182. The number of hydrogen-bond acceptors (Lipinski definition) is 6. The van der Waals surface area contributed by atoms with Crippen LogP contribution in [0.2, 0.25) is 0 Å². The summed E-state index contributed by atoms with van der Waals surface area (Å²) in [6.07, 6.45) is 0. The first-order valence-electron chi connectivity index (χ1n) is 2.10. The van der Waals surface area contributed by atoms with Crippen LogP contribution in [0.3, 0.4) is 0 Å². The van der Waals surface area contributed by atoms with Gasteiger partial charge in [0.05, 0.1) is 0 Å². The Morgan fingerprint density at radius 3 is 0.444 bits per heavy atom. The molecular weight excluding hydrogens is 416 g/mol. The minimum absolute atomic E-state index is 0. The molecule has 0 heterocycles. The molecule has 0 aliphatic heterocycles. The van der Waals surface area contributed by atoms with Crippen LogP contribution >= 0.6 is 0 Å². The minimum atomic E-state index is -4.67. The predicted molar refractivity (Wildman–Crippen MR) is 43.2 cm³/mol. The Balaban J connectivity index is -0.0000000277. The molecule has 0 aromatic heterocycles. The van der Waals surface area contributed by atoms with Crippen molar-refractivity contribution < 1.29 is 92.2 Å². The molecule has 0 aliphatic rings. The fourth-order valence-electron chi connectivity index (χ4n) is 0. The minimum Gasteiger partial charge on any atom is -0.264 e. The van der Waals surface area contributed by atoms with Crippen LogP contribution in [0.25, 0.3) is 0 Å². The first-order chi connectivity index (χ1) is 6.00. The van der Waals surface area contributed by atoms with Gasteiger partial charge in [-0.15, -0.1) is 0 Å². The van der Waals surface area contributed by atoms with Gasteiger partial charge in [-0.25, -0.2) is 0 Å². The molecule has 0 saturated carbocycles. The van der Waals surface area contributed by atoms with Crippen molar-refractivity contribution in [2.24, 2.45) is 0 Å². The molecule has 0 atom stereocenters. The van der Waals surface area contributed by atoms with E-state index < -0.39 is 31.2 Å². The van der Waals surface area contributed by atoms with E-state index in [9.17, 15) is 0 Å². The second-order valence-corrected chi connectivity index (χ2v) is 4.03. The summed E-state index contributed by atoms with van der Waals surface area (Å²) in [6, 6.07) is 0. The van der Waals surface area contributed by atoms with E-state index in [1.54, 1.807) is 0 Å². The Labute approximate surface area is 123 Å². The molecule has 118 valence electrons. The Morgan fingerprint density at radius 1 is 0.444 bits per heavy atom. The molecule has 0 rings (SSSR count). The Hall–Kier alpha value is 0.609. The molecule has 0 saturated heterocycles. The molecule has 0 aliphatic carbocycles. The van der Waals surface area contributed by atoms with E-state index in [1.807, 2.05) is 0 Å². The fraction of sp³-hybridized carbons (Fsp3) is 0. The molecule has 0 amide bonds. The van der Waals surface area contributed by atoms with Gasteiger partial charge in [-0.1, -0.05) is 0 Å². The summed E-state index contributed by atoms with van der Waals surface area (Å²) < 4.78 is 94.8. The summed E-state index contributed by atoms with van der Waals surface area (Å²) in [5, 5.41) is 0. The smallest absolute Gasteiger partial charge is 0.264 e. The summed E-state index contributed by atoms with van der Waals surface area (Å²) >= 11 is 0. The van der Waals surface area contributed by atoms with E-state index in [4.69, 9.17) is 52.6 Å². The zero-order valence-corrected chi connectivity index (χ0v) is 12.1. The maximum absolute atomic E-state index is 8.74. The zero-order chi connectivity index (χ0) is 13.5. The van der Waals surface area contributed by atoms with Crippen LogP contribution in [0, 0.1) is 0 Å². The molecule has 2 radical (unpaired) electrons. The number of hydrogen-bond donors (Lipinski definition) is 6. The molecule has 13 nitrogen and oxygen atoms in total. The topological polar surface area (TPSA) is 252 Å². The van der Waals surface area contributed by atoms with Crippen LogP contribution in [0.5, 0.6) is 0 Å². The second-order valence-electron chi connectivity index (χ2n) is 1.34. The monoisotopic (exact) mass is 422 g/mol. The fourth-order valence-corrected chi connectivity index (χ4v) is 0. The summed E-state index contributed by atoms with van der Waals surface area (Å²) in [7, 11) is -14.0. The third-order valence-corrected chi connectivity index (χ3v) is 0. The molecule has 18 heavy (non-hydrogen) atoms. The molecular formula is H6Fe2O13S3. The predicted octanol–water partition coefficient (Wildman–Crippen LogP) is -2.08. The van der Waals surface area contributed by atoms with Crippen molar-refractivity contribution in [3.63, 3.8) is 0 Å². The molecule has 0 spiro atoms. The van der Waals surface area contributed by atoms with Gasteiger partial charge in [-0.3, -0.25) is 27.3 Å². The van der Waals surface area contributed by atoms with Gasteiger partial charge in [0.25, 0.3) is 0 Å². The van der Waals surface area contributed by atoms with E-state index in [1.165, 1.54) is 0 Å². The molecule has 0 aromatic carbocycles. The van der Waals surface area contributed by atoms with Gasteiger partial charge in [-0.05, 0) is 0 Å². The molecule has 6 N–H and O–H groups in total. The Morgan fingerprint density at radius 2 is 0.444 bits per heavy atom. The maximum atomic E-state index is 8.74. The van der Waals surface area contributed by atoms with Crippen LogP contribution in [0.4, 0.5) is 0 Å². The van der Waals surface area contributed by atoms with Crippen LogP contribution in [-0.4, -0.2) is 52.6 Å². The van der Waals surface area contributed by atoms with Gasteiger partial charge < -0.3 is 0 Å². The van der Waals surface area contributed by atoms with Gasteiger partial charge in [0.1, 0.15) is 0 Å². The first-order valence-corrected chi connectivity index (χ1v) is 6.29. The molecule has 0 bridgehead atoms. The Kier molecular flexibility index (Phi) is 28.3. The zero-order valence-electron chi connectivity index (χ0n) is 7.47. The molecule has 0 fully saturated rings. The molecule has 18 heteroatoms. The average molecular weight is 422 g/mol. The first kappa shape index (κ1) is 36.3. The van der Waals surface area contributed by atoms with Gasteiger partial charge in [0.15, 0.2) is 0 Å². The van der Waals surface area contributed by atoms with Crippen LogP contribution in [0.1, 0.15) is 0 Å². The second kappa shape index (κ2) is 14.0. The van der Waals surface area contributed by atoms with Gasteiger partial charge >= 0.3 is 31.2 Å². The standard InChI is InChI=1S/2Fe.3H2O4S.O/c;;3*1-5(2,3)4;/h;;3*(H2,1,2,3,4);. The Bertz CT molecular complexity index is 341. The third kappa shape index (κ3) is 10900. The van der Waals surface area contributed by atoms with E-state index in [0.717, 1.165) is 0 Å². The summed E-state index contributed by atoms with van der Waals surface area (Å²) in [5.74, 6) is 0. The van der Waals surface area contributed by atoms with Gasteiger partial charge in [0.2, 0.25) is 0 Å². The van der Waals surface area contributed by atoms with Crippen molar-refractivity contribution in [3.05, 3.63) is 0 Å². The normalized spacial score (nSPS) is 9.67. The van der Waals surface area contributed by atoms with Gasteiger partial charge in [0, 0.05) is 39.6 Å². The molecule has 0 aromatic rings. The van der Waals surface area contributed by atoms with Crippen molar-refractivity contribution in [2.75, 3.05) is 0 Å². The van der Waals surface area contributed by atoms with Crippen LogP contribution < -0.4 is 0 Å². The van der Waals surface area contributed by atoms with Crippen molar-refractivity contribution in [1.82, 2.24) is 0 Å². The van der Waals surface area contributed by atoms with E-state index in [0.29, 0.717) is 0 Å². The van der Waals surface area contributed by atoms with E-state index in [-0.39, 0.29) is 39.6 Å². The summed E-state index contributed by atoms with van der Waals surface area (Å²) in [6.45, 7) is 0.